The molecule has 4 nitrogen and oxygen atoms in total. The van der Waals surface area contributed by atoms with Gasteiger partial charge in [-0.1, -0.05) is 13.8 Å². The summed E-state index contributed by atoms with van der Waals surface area (Å²) in [6.07, 6.45) is 1.44. The number of carbonyl (C=O) groups is 1. The topological polar surface area (TPSA) is 47.6 Å². The SMILES string of the molecule is CCC(CC)(NCCOC)C(=O)OC. The van der Waals surface area contributed by atoms with Crippen molar-refractivity contribution in [2.24, 2.45) is 0 Å². The molecular formula is C10H21NO3. The van der Waals surface area contributed by atoms with Gasteiger partial charge in [-0.05, 0) is 12.8 Å². The van der Waals surface area contributed by atoms with E-state index in [0.717, 1.165) is 12.8 Å². The normalized spacial score (nSPS) is 11.4. The standard InChI is InChI=1S/C10H21NO3/c1-5-10(6-2,9(12)14-4)11-7-8-13-3/h11H,5-8H2,1-4H3. The van der Waals surface area contributed by atoms with Gasteiger partial charge in [0.2, 0.25) is 0 Å². The molecule has 0 aliphatic heterocycles. The molecule has 0 bridgehead atoms. The number of methoxy groups -OCH3 is 2. The van der Waals surface area contributed by atoms with E-state index < -0.39 is 5.54 Å². The van der Waals surface area contributed by atoms with Gasteiger partial charge < -0.3 is 9.47 Å². The minimum Gasteiger partial charge on any atom is -0.468 e. The van der Waals surface area contributed by atoms with Crippen LogP contribution in [0.15, 0.2) is 0 Å². The van der Waals surface area contributed by atoms with Gasteiger partial charge in [-0.15, -0.1) is 0 Å². The fourth-order valence-electron chi connectivity index (χ4n) is 1.45. The van der Waals surface area contributed by atoms with Gasteiger partial charge in [0, 0.05) is 13.7 Å². The monoisotopic (exact) mass is 203 g/mol. The fourth-order valence-corrected chi connectivity index (χ4v) is 1.45. The van der Waals surface area contributed by atoms with Crippen molar-refractivity contribution in [3.63, 3.8) is 0 Å². The number of nitrogens with one attached hydrogen (secondary N) is 1. The Labute approximate surface area is 86.0 Å². The Balaban J connectivity index is 4.29. The first-order valence-electron chi connectivity index (χ1n) is 4.99. The van der Waals surface area contributed by atoms with Crippen LogP contribution in [0.4, 0.5) is 0 Å². The second kappa shape index (κ2) is 6.79. The van der Waals surface area contributed by atoms with Crippen LogP contribution >= 0.6 is 0 Å². The van der Waals surface area contributed by atoms with Crippen molar-refractivity contribution in [2.75, 3.05) is 27.4 Å². The molecule has 0 aliphatic rings. The van der Waals surface area contributed by atoms with Crippen molar-refractivity contribution in [3.05, 3.63) is 0 Å². The molecule has 0 saturated carbocycles. The first-order valence-corrected chi connectivity index (χ1v) is 4.99. The van der Waals surface area contributed by atoms with Crippen molar-refractivity contribution in [1.29, 1.82) is 0 Å². The Bertz CT molecular complexity index is 167. The lowest BCUT2D eigenvalue weighted by atomic mass is 9.93. The first-order chi connectivity index (χ1) is 6.66. The van der Waals surface area contributed by atoms with Gasteiger partial charge in [-0.3, -0.25) is 10.1 Å². The number of rotatable bonds is 7. The van der Waals surface area contributed by atoms with Crippen LogP contribution in [0.2, 0.25) is 0 Å². The second-order valence-corrected chi connectivity index (χ2v) is 3.20. The quantitative estimate of drug-likeness (QED) is 0.494. The van der Waals surface area contributed by atoms with Gasteiger partial charge in [0.25, 0.3) is 0 Å². The molecule has 4 heteroatoms. The van der Waals surface area contributed by atoms with Crippen molar-refractivity contribution < 1.29 is 14.3 Å². The maximum absolute atomic E-state index is 11.6. The zero-order chi connectivity index (χ0) is 11.0. The van der Waals surface area contributed by atoms with E-state index in [4.69, 9.17) is 9.47 Å². The predicted octanol–water partition coefficient (Wildman–Crippen LogP) is 0.954. The lowest BCUT2D eigenvalue weighted by Crippen LogP contribution is -2.52. The van der Waals surface area contributed by atoms with E-state index in [1.807, 2.05) is 13.8 Å². The summed E-state index contributed by atoms with van der Waals surface area (Å²) in [6.45, 7) is 5.20. The van der Waals surface area contributed by atoms with Crippen LogP contribution in [0.3, 0.4) is 0 Å². The highest BCUT2D eigenvalue weighted by atomic mass is 16.5. The number of hydrogen-bond donors (Lipinski definition) is 1. The Hall–Kier alpha value is -0.610. The summed E-state index contributed by atoms with van der Waals surface area (Å²) >= 11 is 0. The van der Waals surface area contributed by atoms with Crippen LogP contribution in [-0.4, -0.2) is 38.9 Å². The lowest BCUT2D eigenvalue weighted by molar-refractivity contribution is -0.149. The third-order valence-electron chi connectivity index (χ3n) is 2.55. The van der Waals surface area contributed by atoms with Crippen LogP contribution in [-0.2, 0) is 14.3 Å². The first kappa shape index (κ1) is 13.4. The molecule has 0 aromatic carbocycles. The van der Waals surface area contributed by atoms with E-state index in [-0.39, 0.29) is 5.97 Å². The average molecular weight is 203 g/mol. The van der Waals surface area contributed by atoms with E-state index in [0.29, 0.717) is 13.2 Å². The minimum absolute atomic E-state index is 0.196. The number of ether oxygens (including phenoxy) is 2. The molecular weight excluding hydrogens is 182 g/mol. The Morgan fingerprint density at radius 1 is 1.29 bits per heavy atom. The van der Waals surface area contributed by atoms with Gasteiger partial charge in [0.1, 0.15) is 5.54 Å². The molecule has 0 unspecified atom stereocenters. The molecule has 0 heterocycles. The van der Waals surface area contributed by atoms with Crippen LogP contribution in [0.1, 0.15) is 26.7 Å². The summed E-state index contributed by atoms with van der Waals surface area (Å²) in [4.78, 5) is 11.6. The third-order valence-corrected chi connectivity index (χ3v) is 2.55. The molecule has 0 amide bonds. The van der Waals surface area contributed by atoms with E-state index in [2.05, 4.69) is 5.32 Å². The smallest absolute Gasteiger partial charge is 0.326 e. The number of carbonyl (C=O) groups excluding carboxylic acids is 1. The van der Waals surface area contributed by atoms with Crippen LogP contribution < -0.4 is 5.32 Å². The average Bonchev–Trinajstić information content (AvgIpc) is 2.24. The summed E-state index contributed by atoms with van der Waals surface area (Å²) in [6, 6.07) is 0. The minimum atomic E-state index is -0.548. The maximum Gasteiger partial charge on any atom is 0.326 e. The molecule has 0 spiro atoms. The zero-order valence-corrected chi connectivity index (χ0v) is 9.55. The number of hydrogen-bond acceptors (Lipinski definition) is 4. The predicted molar refractivity (Wildman–Crippen MR) is 55.2 cm³/mol. The van der Waals surface area contributed by atoms with Crippen molar-refractivity contribution in [3.8, 4) is 0 Å². The molecule has 0 fully saturated rings. The highest BCUT2D eigenvalue weighted by Crippen LogP contribution is 2.16. The fraction of sp³-hybridized carbons (Fsp3) is 0.900. The molecule has 84 valence electrons. The molecule has 14 heavy (non-hydrogen) atoms. The van der Waals surface area contributed by atoms with E-state index in [9.17, 15) is 4.79 Å². The molecule has 0 saturated heterocycles. The lowest BCUT2D eigenvalue weighted by Gasteiger charge is -2.29. The van der Waals surface area contributed by atoms with E-state index in [1.165, 1.54) is 7.11 Å². The molecule has 0 rings (SSSR count). The van der Waals surface area contributed by atoms with Gasteiger partial charge in [-0.25, -0.2) is 0 Å². The third kappa shape index (κ3) is 3.27. The number of esters is 1. The van der Waals surface area contributed by atoms with E-state index in [1.54, 1.807) is 7.11 Å². The highest BCUT2D eigenvalue weighted by molar-refractivity contribution is 5.80. The summed E-state index contributed by atoms with van der Waals surface area (Å²) in [5.74, 6) is -0.196. The molecule has 0 aliphatic carbocycles. The van der Waals surface area contributed by atoms with Gasteiger partial charge >= 0.3 is 5.97 Å². The highest BCUT2D eigenvalue weighted by Gasteiger charge is 2.34. The van der Waals surface area contributed by atoms with E-state index >= 15 is 0 Å². The van der Waals surface area contributed by atoms with Crippen molar-refractivity contribution in [2.45, 2.75) is 32.2 Å². The summed E-state index contributed by atoms with van der Waals surface area (Å²) < 4.78 is 9.71. The molecule has 0 aromatic heterocycles. The van der Waals surface area contributed by atoms with Gasteiger partial charge in [0.15, 0.2) is 0 Å². The maximum atomic E-state index is 11.6. The molecule has 0 radical (unpaired) electrons. The summed E-state index contributed by atoms with van der Waals surface area (Å²) in [5, 5.41) is 3.18. The van der Waals surface area contributed by atoms with Crippen LogP contribution in [0, 0.1) is 0 Å². The Morgan fingerprint density at radius 3 is 2.21 bits per heavy atom. The molecule has 0 aromatic rings. The second-order valence-electron chi connectivity index (χ2n) is 3.20. The zero-order valence-electron chi connectivity index (χ0n) is 9.55. The molecule has 0 atom stereocenters. The summed E-state index contributed by atoms with van der Waals surface area (Å²) in [7, 11) is 3.06. The summed E-state index contributed by atoms with van der Waals surface area (Å²) in [5.41, 5.74) is -0.548. The largest absolute Gasteiger partial charge is 0.468 e. The Kier molecular flexibility index (Phi) is 6.49. The molecule has 1 N–H and O–H groups in total. The van der Waals surface area contributed by atoms with Crippen molar-refractivity contribution >= 4 is 5.97 Å². The Morgan fingerprint density at radius 2 is 1.86 bits per heavy atom. The van der Waals surface area contributed by atoms with Gasteiger partial charge in [-0.2, -0.15) is 0 Å². The van der Waals surface area contributed by atoms with Gasteiger partial charge in [0.05, 0.1) is 13.7 Å². The van der Waals surface area contributed by atoms with Crippen LogP contribution in [0.25, 0.3) is 0 Å². The van der Waals surface area contributed by atoms with Crippen LogP contribution in [0.5, 0.6) is 0 Å². The van der Waals surface area contributed by atoms with Crippen molar-refractivity contribution in [1.82, 2.24) is 5.32 Å².